The third-order valence-electron chi connectivity index (χ3n) is 4.64. The lowest BCUT2D eigenvalue weighted by molar-refractivity contribution is -0.120. The van der Waals surface area contributed by atoms with Crippen LogP contribution in [-0.2, 0) is 4.79 Å². The second kappa shape index (κ2) is 7.30. The van der Waals surface area contributed by atoms with Crippen LogP contribution in [0.3, 0.4) is 0 Å². The first kappa shape index (κ1) is 16.8. The molecule has 0 aliphatic carbocycles. The van der Waals surface area contributed by atoms with Crippen molar-refractivity contribution in [2.75, 3.05) is 23.3 Å². The molecule has 4 rings (SSSR count). The number of rotatable bonds is 3. The first-order valence-electron chi connectivity index (χ1n) is 8.72. The Kier molecular flexibility index (Phi) is 4.71. The number of benzene rings is 2. The number of aromatic nitrogens is 2. The maximum absolute atomic E-state index is 12.7. The monoisotopic (exact) mass is 366 g/mol. The van der Waals surface area contributed by atoms with Crippen LogP contribution in [0.5, 0.6) is 0 Å². The van der Waals surface area contributed by atoms with E-state index in [0.29, 0.717) is 11.6 Å². The predicted molar refractivity (Wildman–Crippen MR) is 105 cm³/mol. The molecule has 2 heterocycles. The molecule has 1 saturated heterocycles. The quantitative estimate of drug-likeness (QED) is 0.756. The van der Waals surface area contributed by atoms with Crippen LogP contribution in [0.2, 0.25) is 5.02 Å². The predicted octanol–water partition coefficient (Wildman–Crippen LogP) is 4.14. The van der Waals surface area contributed by atoms with Gasteiger partial charge < -0.3 is 10.2 Å². The Morgan fingerprint density at radius 3 is 2.85 bits per heavy atom. The third kappa shape index (κ3) is 3.63. The molecule has 1 unspecified atom stereocenters. The molecular weight excluding hydrogens is 348 g/mol. The highest BCUT2D eigenvalue weighted by molar-refractivity contribution is 6.30. The first-order chi connectivity index (χ1) is 12.7. The fourth-order valence-electron chi connectivity index (χ4n) is 3.31. The van der Waals surface area contributed by atoms with Crippen molar-refractivity contribution in [3.05, 3.63) is 59.8 Å². The molecule has 26 heavy (non-hydrogen) atoms. The van der Waals surface area contributed by atoms with Crippen LogP contribution in [0.1, 0.15) is 12.8 Å². The Bertz CT molecular complexity index is 946. The lowest BCUT2D eigenvalue weighted by atomic mass is 9.97. The van der Waals surface area contributed by atoms with Crippen LogP contribution in [0.25, 0.3) is 11.0 Å². The largest absolute Gasteiger partial charge is 0.355 e. The molecule has 0 bridgehead atoms. The van der Waals surface area contributed by atoms with Gasteiger partial charge in [-0.3, -0.25) is 9.78 Å². The number of nitrogens with one attached hydrogen (secondary N) is 1. The summed E-state index contributed by atoms with van der Waals surface area (Å²) in [4.78, 5) is 24.0. The van der Waals surface area contributed by atoms with Crippen LogP contribution < -0.4 is 10.2 Å². The van der Waals surface area contributed by atoms with Crippen molar-refractivity contribution in [1.29, 1.82) is 0 Å². The zero-order valence-corrected chi connectivity index (χ0v) is 15.0. The number of hydrogen-bond donors (Lipinski definition) is 1. The number of fused-ring (bicyclic) bond motifs is 1. The van der Waals surface area contributed by atoms with Gasteiger partial charge in [0, 0.05) is 23.8 Å². The van der Waals surface area contributed by atoms with Gasteiger partial charge in [-0.1, -0.05) is 29.8 Å². The first-order valence-corrected chi connectivity index (χ1v) is 9.10. The second-order valence-electron chi connectivity index (χ2n) is 6.50. The summed E-state index contributed by atoms with van der Waals surface area (Å²) in [5.41, 5.74) is 2.48. The van der Waals surface area contributed by atoms with Gasteiger partial charge in [0.25, 0.3) is 0 Å². The van der Waals surface area contributed by atoms with Crippen molar-refractivity contribution in [3.8, 4) is 0 Å². The Morgan fingerprint density at radius 2 is 2.00 bits per heavy atom. The Balaban J connectivity index is 1.48. The van der Waals surface area contributed by atoms with E-state index in [9.17, 15) is 4.79 Å². The molecular formula is C20H19ClN4O. The molecule has 6 heteroatoms. The zero-order chi connectivity index (χ0) is 17.9. The number of carbonyl (C=O) groups excluding carboxylic acids is 1. The van der Waals surface area contributed by atoms with Crippen molar-refractivity contribution < 1.29 is 4.79 Å². The summed E-state index contributed by atoms with van der Waals surface area (Å²) in [5.74, 6) is 0.755. The Labute approximate surface area is 157 Å². The van der Waals surface area contributed by atoms with Crippen molar-refractivity contribution >= 4 is 40.0 Å². The average Bonchev–Trinajstić information content (AvgIpc) is 2.68. The summed E-state index contributed by atoms with van der Waals surface area (Å²) in [6.07, 6.45) is 3.60. The molecule has 1 aliphatic rings. The maximum Gasteiger partial charge on any atom is 0.229 e. The molecule has 2 aromatic carbocycles. The molecule has 1 fully saturated rings. The summed E-state index contributed by atoms with van der Waals surface area (Å²) in [6, 6.07) is 15.0. The van der Waals surface area contributed by atoms with Crippen molar-refractivity contribution in [2.24, 2.45) is 5.92 Å². The van der Waals surface area contributed by atoms with E-state index in [1.165, 1.54) is 0 Å². The summed E-state index contributed by atoms with van der Waals surface area (Å²) in [5, 5.41) is 3.58. The summed E-state index contributed by atoms with van der Waals surface area (Å²) < 4.78 is 0. The van der Waals surface area contributed by atoms with Crippen LogP contribution >= 0.6 is 11.6 Å². The van der Waals surface area contributed by atoms with Gasteiger partial charge in [0.15, 0.2) is 0 Å². The third-order valence-corrected chi connectivity index (χ3v) is 4.88. The van der Waals surface area contributed by atoms with Crippen LogP contribution in [-0.4, -0.2) is 29.0 Å². The molecule has 1 aliphatic heterocycles. The fourth-order valence-corrected chi connectivity index (χ4v) is 3.50. The van der Waals surface area contributed by atoms with Crippen molar-refractivity contribution in [1.82, 2.24) is 9.97 Å². The van der Waals surface area contributed by atoms with Gasteiger partial charge in [0.1, 0.15) is 5.82 Å². The van der Waals surface area contributed by atoms with Crippen LogP contribution in [0.4, 0.5) is 11.5 Å². The number of hydrogen-bond acceptors (Lipinski definition) is 4. The van der Waals surface area contributed by atoms with E-state index in [4.69, 9.17) is 16.6 Å². The number of carbonyl (C=O) groups is 1. The zero-order valence-electron chi connectivity index (χ0n) is 14.2. The smallest absolute Gasteiger partial charge is 0.229 e. The standard InChI is InChI=1S/C20H19ClN4O/c21-15-6-3-7-16(11-15)23-20(26)14-5-4-10-25(13-14)19-12-22-17-8-1-2-9-18(17)24-19/h1-3,6-9,11-12,14H,4-5,10,13H2,(H,23,26). The van der Waals surface area contributed by atoms with Gasteiger partial charge in [-0.05, 0) is 43.2 Å². The number of piperidine rings is 1. The molecule has 0 spiro atoms. The minimum Gasteiger partial charge on any atom is -0.355 e. The summed E-state index contributed by atoms with van der Waals surface area (Å²) >= 11 is 5.99. The van der Waals surface area contributed by atoms with Crippen LogP contribution in [0, 0.1) is 5.92 Å². The molecule has 5 nitrogen and oxygen atoms in total. The molecule has 0 saturated carbocycles. The number of halogens is 1. The van der Waals surface area contributed by atoms with E-state index in [1.54, 1.807) is 18.3 Å². The molecule has 1 amide bonds. The minimum absolute atomic E-state index is 0.0192. The van der Waals surface area contributed by atoms with E-state index < -0.39 is 0 Å². The lowest BCUT2D eigenvalue weighted by Gasteiger charge is -2.32. The van der Waals surface area contributed by atoms with E-state index in [-0.39, 0.29) is 11.8 Å². The summed E-state index contributed by atoms with van der Waals surface area (Å²) in [7, 11) is 0. The minimum atomic E-state index is -0.0870. The number of nitrogens with zero attached hydrogens (tertiary/aromatic N) is 3. The van der Waals surface area contributed by atoms with Gasteiger partial charge >= 0.3 is 0 Å². The van der Waals surface area contributed by atoms with Crippen LogP contribution in [0.15, 0.2) is 54.7 Å². The van der Waals surface area contributed by atoms with E-state index in [2.05, 4.69) is 15.2 Å². The van der Waals surface area contributed by atoms with E-state index in [1.807, 2.05) is 36.4 Å². The summed E-state index contributed by atoms with van der Waals surface area (Å²) in [6.45, 7) is 1.52. The van der Waals surface area contributed by atoms with E-state index >= 15 is 0 Å². The van der Waals surface area contributed by atoms with Crippen molar-refractivity contribution in [2.45, 2.75) is 12.8 Å². The lowest BCUT2D eigenvalue weighted by Crippen LogP contribution is -2.41. The highest BCUT2D eigenvalue weighted by Gasteiger charge is 2.27. The number of amides is 1. The maximum atomic E-state index is 12.7. The number of anilines is 2. The van der Waals surface area contributed by atoms with Gasteiger partial charge in [-0.2, -0.15) is 0 Å². The Morgan fingerprint density at radius 1 is 1.15 bits per heavy atom. The highest BCUT2D eigenvalue weighted by Crippen LogP contribution is 2.24. The van der Waals surface area contributed by atoms with Gasteiger partial charge in [-0.15, -0.1) is 0 Å². The molecule has 1 atom stereocenters. The average molecular weight is 367 g/mol. The fraction of sp³-hybridized carbons (Fsp3) is 0.250. The van der Waals surface area contributed by atoms with Gasteiger partial charge in [0.2, 0.25) is 5.91 Å². The second-order valence-corrected chi connectivity index (χ2v) is 6.94. The van der Waals surface area contributed by atoms with Gasteiger partial charge in [0.05, 0.1) is 23.1 Å². The molecule has 0 radical (unpaired) electrons. The molecule has 1 aromatic heterocycles. The molecule has 3 aromatic rings. The van der Waals surface area contributed by atoms with E-state index in [0.717, 1.165) is 41.9 Å². The Hall–Kier alpha value is -2.66. The number of para-hydroxylation sites is 2. The highest BCUT2D eigenvalue weighted by atomic mass is 35.5. The van der Waals surface area contributed by atoms with Gasteiger partial charge in [-0.25, -0.2) is 4.98 Å². The molecule has 132 valence electrons. The topological polar surface area (TPSA) is 58.1 Å². The van der Waals surface area contributed by atoms with Crippen molar-refractivity contribution in [3.63, 3.8) is 0 Å². The SMILES string of the molecule is O=C(Nc1cccc(Cl)c1)C1CCCN(c2cnc3ccccc3n2)C1. The normalized spacial score (nSPS) is 17.3. The molecule has 1 N–H and O–H groups in total.